The molecule has 2 atom stereocenters. The van der Waals surface area contributed by atoms with Gasteiger partial charge in [-0.05, 0) is 38.5 Å². The maximum Gasteiger partial charge on any atom is 0.242 e. The van der Waals surface area contributed by atoms with Gasteiger partial charge in [0.25, 0.3) is 0 Å². The van der Waals surface area contributed by atoms with Crippen LogP contribution in [0.15, 0.2) is 12.4 Å². The van der Waals surface area contributed by atoms with Crippen LogP contribution < -0.4 is 11.5 Å². The fraction of sp³-hybridized carbons (Fsp3) is 0.769. The van der Waals surface area contributed by atoms with E-state index in [-0.39, 0.29) is 23.9 Å². The van der Waals surface area contributed by atoms with Gasteiger partial charge in [-0.1, -0.05) is 89.5 Å². The predicted octanol–water partition coefficient (Wildman–Crippen LogP) is 4.45. The molecule has 2 amide bonds. The summed E-state index contributed by atoms with van der Waals surface area (Å²) in [5.74, 6) is -0.643. The van der Waals surface area contributed by atoms with E-state index in [2.05, 4.69) is 48.3 Å². The molecule has 0 aliphatic heterocycles. The summed E-state index contributed by atoms with van der Waals surface area (Å²) in [5, 5.41) is 16.3. The van der Waals surface area contributed by atoms with Crippen LogP contribution in [0.25, 0.3) is 0 Å². The summed E-state index contributed by atoms with van der Waals surface area (Å²) in [5.41, 5.74) is 12.8. The Hall–Kier alpha value is -2.78. The number of primary amides is 2. The Bertz CT molecular complexity index is 794. The number of unbranched alkanes of at least 4 members (excludes halogenated alkanes) is 6. The minimum atomic E-state index is -0.348. The molecule has 204 valence electrons. The standard InChI is InChI=1S/2C13H24N4O/c2*1-3-5-7-9-12(13(14)18)17-10-11(15-16-17)8-6-4-2/h2*10,12H,3-9H2,1-2H3,(H2,14,18). The number of hydrogen-bond donors (Lipinski definition) is 2. The number of carbonyl (C=O) groups excluding carboxylic acids is 2. The molecule has 0 fully saturated rings. The van der Waals surface area contributed by atoms with Gasteiger partial charge in [0.1, 0.15) is 12.1 Å². The molecule has 2 aromatic rings. The zero-order valence-electron chi connectivity index (χ0n) is 22.9. The molecular weight excluding hydrogens is 456 g/mol. The number of aryl methyl sites for hydroxylation is 2. The number of aromatic nitrogens is 6. The highest BCUT2D eigenvalue weighted by molar-refractivity contribution is 5.78. The van der Waals surface area contributed by atoms with Crippen molar-refractivity contribution < 1.29 is 9.59 Å². The Balaban J connectivity index is 0.000000360. The maximum absolute atomic E-state index is 11.5. The molecule has 0 aromatic carbocycles. The second-order valence-corrected chi connectivity index (χ2v) is 9.41. The Morgan fingerprint density at radius 2 is 1.03 bits per heavy atom. The monoisotopic (exact) mass is 504 g/mol. The summed E-state index contributed by atoms with van der Waals surface area (Å²) in [4.78, 5) is 22.9. The first-order chi connectivity index (χ1) is 17.4. The first kappa shape index (κ1) is 31.3. The van der Waals surface area contributed by atoms with Crippen molar-refractivity contribution >= 4 is 11.8 Å². The topological polar surface area (TPSA) is 148 Å². The summed E-state index contributed by atoms with van der Waals surface area (Å²) in [6.45, 7) is 8.55. The van der Waals surface area contributed by atoms with E-state index >= 15 is 0 Å². The molecule has 4 N–H and O–H groups in total. The number of hydrogen-bond acceptors (Lipinski definition) is 6. The van der Waals surface area contributed by atoms with E-state index in [0.29, 0.717) is 0 Å². The third kappa shape index (κ3) is 11.8. The maximum atomic E-state index is 11.5. The lowest BCUT2D eigenvalue weighted by atomic mass is 10.1. The lowest BCUT2D eigenvalue weighted by molar-refractivity contribution is -0.122. The first-order valence-electron chi connectivity index (χ1n) is 13.8. The quantitative estimate of drug-likeness (QED) is 0.286. The summed E-state index contributed by atoms with van der Waals surface area (Å²) < 4.78 is 3.26. The molecule has 10 nitrogen and oxygen atoms in total. The van der Waals surface area contributed by atoms with Gasteiger partial charge in [-0.15, -0.1) is 10.2 Å². The van der Waals surface area contributed by atoms with Gasteiger partial charge in [-0.2, -0.15) is 0 Å². The van der Waals surface area contributed by atoms with Crippen LogP contribution >= 0.6 is 0 Å². The Morgan fingerprint density at radius 1 is 0.667 bits per heavy atom. The van der Waals surface area contributed by atoms with E-state index in [1.165, 1.54) is 0 Å². The minimum Gasteiger partial charge on any atom is -0.368 e. The molecule has 0 aliphatic rings. The summed E-state index contributed by atoms with van der Waals surface area (Å²) in [7, 11) is 0. The van der Waals surface area contributed by atoms with Crippen molar-refractivity contribution in [2.24, 2.45) is 11.5 Å². The second kappa shape index (κ2) is 18.5. The molecule has 2 aromatic heterocycles. The van der Waals surface area contributed by atoms with Crippen molar-refractivity contribution in [2.45, 2.75) is 130 Å². The van der Waals surface area contributed by atoms with Crippen LogP contribution in [-0.4, -0.2) is 41.8 Å². The SMILES string of the molecule is CCCCCC(C(N)=O)n1cc(CCCC)nn1.CCCCCC(C(N)=O)n1cc(CCCC)nn1. The van der Waals surface area contributed by atoms with Crippen molar-refractivity contribution in [3.8, 4) is 0 Å². The molecule has 2 unspecified atom stereocenters. The van der Waals surface area contributed by atoms with Gasteiger partial charge in [0.15, 0.2) is 0 Å². The summed E-state index contributed by atoms with van der Waals surface area (Å²) in [6.07, 6.45) is 18.0. The Labute approximate surface area is 216 Å². The largest absolute Gasteiger partial charge is 0.368 e. The Kier molecular flexibility index (Phi) is 16.0. The zero-order chi connectivity index (χ0) is 26.8. The van der Waals surface area contributed by atoms with Gasteiger partial charge in [-0.25, -0.2) is 9.36 Å². The number of nitrogens with two attached hydrogens (primary N) is 2. The fourth-order valence-electron chi connectivity index (χ4n) is 3.86. The number of rotatable bonds is 18. The van der Waals surface area contributed by atoms with E-state index in [0.717, 1.165) is 101 Å². The molecule has 0 radical (unpaired) electrons. The van der Waals surface area contributed by atoms with Crippen molar-refractivity contribution in [1.82, 2.24) is 30.0 Å². The third-order valence-corrected chi connectivity index (χ3v) is 6.15. The number of nitrogens with zero attached hydrogens (tertiary/aromatic N) is 6. The van der Waals surface area contributed by atoms with E-state index in [1.807, 2.05) is 12.4 Å². The van der Waals surface area contributed by atoms with E-state index in [9.17, 15) is 9.59 Å². The zero-order valence-corrected chi connectivity index (χ0v) is 22.9. The van der Waals surface area contributed by atoms with Crippen molar-refractivity contribution in [3.05, 3.63) is 23.8 Å². The minimum absolute atomic E-state index is 0.321. The van der Waals surface area contributed by atoms with Gasteiger partial charge in [-0.3, -0.25) is 9.59 Å². The van der Waals surface area contributed by atoms with Crippen LogP contribution in [0.3, 0.4) is 0 Å². The highest BCUT2D eigenvalue weighted by Crippen LogP contribution is 2.16. The van der Waals surface area contributed by atoms with Crippen LogP contribution in [0.5, 0.6) is 0 Å². The third-order valence-electron chi connectivity index (χ3n) is 6.15. The lowest BCUT2D eigenvalue weighted by Gasteiger charge is -2.12. The molecule has 2 heterocycles. The molecule has 36 heavy (non-hydrogen) atoms. The molecule has 2 rings (SSSR count). The normalized spacial score (nSPS) is 12.6. The van der Waals surface area contributed by atoms with Gasteiger partial charge < -0.3 is 11.5 Å². The molecular formula is C26H48N8O2. The van der Waals surface area contributed by atoms with Crippen molar-refractivity contribution in [1.29, 1.82) is 0 Å². The van der Waals surface area contributed by atoms with E-state index in [1.54, 1.807) is 9.36 Å². The van der Waals surface area contributed by atoms with E-state index in [4.69, 9.17) is 11.5 Å². The molecule has 10 heteroatoms. The number of amides is 2. The van der Waals surface area contributed by atoms with Crippen LogP contribution in [0.2, 0.25) is 0 Å². The second-order valence-electron chi connectivity index (χ2n) is 9.41. The highest BCUT2D eigenvalue weighted by Gasteiger charge is 2.19. The van der Waals surface area contributed by atoms with Crippen LogP contribution in [0.1, 0.15) is 128 Å². The van der Waals surface area contributed by atoms with Crippen LogP contribution in [0, 0.1) is 0 Å². The van der Waals surface area contributed by atoms with Gasteiger partial charge in [0.2, 0.25) is 11.8 Å². The lowest BCUT2D eigenvalue weighted by Crippen LogP contribution is -2.27. The van der Waals surface area contributed by atoms with Crippen LogP contribution in [0.4, 0.5) is 0 Å². The smallest absolute Gasteiger partial charge is 0.242 e. The average Bonchev–Trinajstić information content (AvgIpc) is 3.51. The summed E-state index contributed by atoms with van der Waals surface area (Å²) in [6, 6.07) is -0.696. The number of carbonyl (C=O) groups is 2. The predicted molar refractivity (Wildman–Crippen MR) is 142 cm³/mol. The fourth-order valence-corrected chi connectivity index (χ4v) is 3.86. The molecule has 0 bridgehead atoms. The average molecular weight is 505 g/mol. The highest BCUT2D eigenvalue weighted by atomic mass is 16.2. The van der Waals surface area contributed by atoms with Crippen LogP contribution in [-0.2, 0) is 22.4 Å². The van der Waals surface area contributed by atoms with Gasteiger partial charge >= 0.3 is 0 Å². The molecule has 0 aliphatic carbocycles. The van der Waals surface area contributed by atoms with Gasteiger partial charge in [0.05, 0.1) is 11.4 Å². The Morgan fingerprint density at radius 3 is 1.33 bits per heavy atom. The summed E-state index contributed by atoms with van der Waals surface area (Å²) >= 11 is 0. The molecule has 0 saturated heterocycles. The van der Waals surface area contributed by atoms with Crippen molar-refractivity contribution in [2.75, 3.05) is 0 Å². The first-order valence-corrected chi connectivity index (χ1v) is 13.8. The van der Waals surface area contributed by atoms with E-state index < -0.39 is 0 Å². The molecule has 0 spiro atoms. The van der Waals surface area contributed by atoms with Gasteiger partial charge in [0, 0.05) is 12.4 Å². The molecule has 0 saturated carbocycles. The van der Waals surface area contributed by atoms with Crippen molar-refractivity contribution in [3.63, 3.8) is 0 Å².